The Labute approximate surface area is 151 Å². The molecule has 136 valence electrons. The number of piperazine rings is 1. The summed E-state index contributed by atoms with van der Waals surface area (Å²) >= 11 is 5.79. The van der Waals surface area contributed by atoms with E-state index in [9.17, 15) is 19.5 Å². The van der Waals surface area contributed by atoms with E-state index in [4.69, 9.17) is 11.6 Å². The van der Waals surface area contributed by atoms with E-state index in [1.165, 1.54) is 6.92 Å². The van der Waals surface area contributed by atoms with E-state index < -0.39 is 11.9 Å². The van der Waals surface area contributed by atoms with Crippen LogP contribution in [0.5, 0.6) is 0 Å². The van der Waals surface area contributed by atoms with Gasteiger partial charge in [-0.1, -0.05) is 11.6 Å². The number of carboxylic acids is 1. The van der Waals surface area contributed by atoms with Crippen LogP contribution < -0.4 is 5.32 Å². The molecule has 1 heterocycles. The van der Waals surface area contributed by atoms with Crippen molar-refractivity contribution in [1.29, 1.82) is 0 Å². The molecule has 1 aliphatic rings. The van der Waals surface area contributed by atoms with E-state index in [0.29, 0.717) is 36.9 Å². The molecule has 0 unspecified atom stereocenters. The van der Waals surface area contributed by atoms with Crippen LogP contribution >= 0.6 is 11.6 Å². The second-order valence-electron chi connectivity index (χ2n) is 6.10. The minimum atomic E-state index is -1.000. The number of amides is 2. The Morgan fingerprint density at radius 1 is 1.16 bits per heavy atom. The summed E-state index contributed by atoms with van der Waals surface area (Å²) in [5, 5.41) is 12.6. The molecule has 2 amide bonds. The number of carbonyl (C=O) groups excluding carboxylic acids is 2. The Morgan fingerprint density at radius 2 is 1.76 bits per heavy atom. The van der Waals surface area contributed by atoms with Gasteiger partial charge in [-0.2, -0.15) is 0 Å². The Morgan fingerprint density at radius 3 is 2.28 bits per heavy atom. The molecular weight excluding hydrogens is 346 g/mol. The zero-order chi connectivity index (χ0) is 18.4. The van der Waals surface area contributed by atoms with Gasteiger partial charge in [-0.25, -0.2) is 0 Å². The van der Waals surface area contributed by atoms with Crippen LogP contribution in [0.15, 0.2) is 24.3 Å². The largest absolute Gasteiger partial charge is 0.481 e. The minimum absolute atomic E-state index is 0.0248. The number of carbonyl (C=O) groups is 3. The first-order valence-corrected chi connectivity index (χ1v) is 8.49. The highest BCUT2D eigenvalue weighted by Gasteiger charge is 2.26. The SMILES string of the molecule is CC(=O)N1CCN(C[C@H](CC(=O)Nc2ccc(Cl)cc2)C(=O)O)CC1. The Hall–Kier alpha value is -2.12. The summed E-state index contributed by atoms with van der Waals surface area (Å²) in [5.74, 6) is -2.12. The summed E-state index contributed by atoms with van der Waals surface area (Å²) in [5.41, 5.74) is 0.577. The van der Waals surface area contributed by atoms with Crippen LogP contribution in [0.3, 0.4) is 0 Å². The van der Waals surface area contributed by atoms with Crippen molar-refractivity contribution in [2.75, 3.05) is 38.0 Å². The number of carboxylic acid groups (broad SMARTS) is 1. The van der Waals surface area contributed by atoms with Crippen LogP contribution in [0, 0.1) is 5.92 Å². The summed E-state index contributed by atoms with van der Waals surface area (Å²) in [6.07, 6.45) is -0.106. The van der Waals surface area contributed by atoms with Gasteiger partial charge < -0.3 is 15.3 Å². The lowest BCUT2D eigenvalue weighted by Gasteiger charge is -2.35. The summed E-state index contributed by atoms with van der Waals surface area (Å²) in [6, 6.07) is 6.63. The van der Waals surface area contributed by atoms with Crippen molar-refractivity contribution in [3.8, 4) is 0 Å². The predicted octanol–water partition coefficient (Wildman–Crippen LogP) is 1.53. The van der Waals surface area contributed by atoms with Crippen LogP contribution in [0.1, 0.15) is 13.3 Å². The first kappa shape index (κ1) is 19.2. The number of rotatable bonds is 6. The van der Waals surface area contributed by atoms with Gasteiger partial charge in [0.1, 0.15) is 0 Å². The molecule has 2 N–H and O–H groups in total. The number of hydrogen-bond acceptors (Lipinski definition) is 4. The zero-order valence-corrected chi connectivity index (χ0v) is 14.8. The van der Waals surface area contributed by atoms with E-state index >= 15 is 0 Å². The molecule has 0 aliphatic carbocycles. The highest BCUT2D eigenvalue weighted by molar-refractivity contribution is 6.30. The van der Waals surface area contributed by atoms with E-state index in [2.05, 4.69) is 5.32 Å². The standard InChI is InChI=1S/C17H22ClN3O4/c1-12(22)21-8-6-20(7-9-21)11-13(17(24)25)10-16(23)19-15-4-2-14(18)3-5-15/h2-5,13H,6-11H2,1H3,(H,19,23)(H,24,25)/t13-/m0/s1. The normalized spacial score (nSPS) is 16.3. The third-order valence-corrected chi connectivity index (χ3v) is 4.46. The third-order valence-electron chi connectivity index (χ3n) is 4.21. The highest BCUT2D eigenvalue weighted by Crippen LogP contribution is 2.15. The second kappa shape index (κ2) is 8.82. The quantitative estimate of drug-likeness (QED) is 0.795. The maximum absolute atomic E-state index is 12.1. The van der Waals surface area contributed by atoms with E-state index in [1.807, 2.05) is 4.90 Å². The summed E-state index contributed by atoms with van der Waals surface area (Å²) in [6.45, 7) is 4.20. The van der Waals surface area contributed by atoms with Crippen molar-refractivity contribution in [3.05, 3.63) is 29.3 Å². The number of anilines is 1. The molecule has 2 rings (SSSR count). The molecule has 25 heavy (non-hydrogen) atoms. The summed E-state index contributed by atoms with van der Waals surface area (Å²) < 4.78 is 0. The monoisotopic (exact) mass is 367 g/mol. The molecule has 1 fully saturated rings. The molecule has 0 radical (unpaired) electrons. The van der Waals surface area contributed by atoms with Crippen molar-refractivity contribution in [1.82, 2.24) is 9.80 Å². The maximum Gasteiger partial charge on any atom is 0.308 e. The molecule has 7 nitrogen and oxygen atoms in total. The minimum Gasteiger partial charge on any atom is -0.481 e. The Balaban J connectivity index is 1.86. The van der Waals surface area contributed by atoms with Crippen molar-refractivity contribution < 1.29 is 19.5 Å². The van der Waals surface area contributed by atoms with E-state index in [-0.39, 0.29) is 24.8 Å². The van der Waals surface area contributed by atoms with Gasteiger partial charge in [-0.3, -0.25) is 19.3 Å². The number of nitrogens with one attached hydrogen (secondary N) is 1. The first-order valence-electron chi connectivity index (χ1n) is 8.11. The number of aliphatic carboxylic acids is 1. The molecule has 1 aromatic rings. The molecule has 1 saturated heterocycles. The lowest BCUT2D eigenvalue weighted by atomic mass is 10.0. The number of nitrogens with zero attached hydrogens (tertiary/aromatic N) is 2. The number of halogens is 1. The van der Waals surface area contributed by atoms with Crippen LogP contribution in [0.4, 0.5) is 5.69 Å². The van der Waals surface area contributed by atoms with Gasteiger partial charge in [0.2, 0.25) is 11.8 Å². The highest BCUT2D eigenvalue weighted by atomic mass is 35.5. The van der Waals surface area contributed by atoms with Crippen LogP contribution in [-0.2, 0) is 14.4 Å². The van der Waals surface area contributed by atoms with Gasteiger partial charge in [0.05, 0.1) is 5.92 Å². The number of benzene rings is 1. The van der Waals surface area contributed by atoms with Gasteiger partial charge in [-0.15, -0.1) is 0 Å². The number of hydrogen-bond donors (Lipinski definition) is 2. The van der Waals surface area contributed by atoms with Gasteiger partial charge in [-0.05, 0) is 24.3 Å². The fourth-order valence-electron chi connectivity index (χ4n) is 2.76. The molecular formula is C17H22ClN3O4. The van der Waals surface area contributed by atoms with Gasteiger partial charge >= 0.3 is 5.97 Å². The first-order chi connectivity index (χ1) is 11.8. The lowest BCUT2D eigenvalue weighted by molar-refractivity contribution is -0.144. The smallest absolute Gasteiger partial charge is 0.308 e. The molecule has 0 spiro atoms. The summed E-state index contributed by atoms with van der Waals surface area (Å²) in [4.78, 5) is 38.6. The van der Waals surface area contributed by atoms with Crippen LogP contribution in [0.2, 0.25) is 5.02 Å². The molecule has 1 atom stereocenters. The fraction of sp³-hybridized carbons (Fsp3) is 0.471. The van der Waals surface area contributed by atoms with Crippen LogP contribution in [0.25, 0.3) is 0 Å². The van der Waals surface area contributed by atoms with Crippen molar-refractivity contribution >= 4 is 35.1 Å². The van der Waals surface area contributed by atoms with Crippen molar-refractivity contribution in [2.24, 2.45) is 5.92 Å². The molecule has 8 heteroatoms. The van der Waals surface area contributed by atoms with Gasteiger partial charge in [0, 0.05) is 56.8 Å². The molecule has 1 aliphatic heterocycles. The zero-order valence-electron chi connectivity index (χ0n) is 14.1. The van der Waals surface area contributed by atoms with E-state index in [0.717, 1.165) is 0 Å². The molecule has 0 aromatic heterocycles. The van der Waals surface area contributed by atoms with Crippen molar-refractivity contribution in [3.63, 3.8) is 0 Å². The van der Waals surface area contributed by atoms with Crippen molar-refractivity contribution in [2.45, 2.75) is 13.3 Å². The van der Waals surface area contributed by atoms with Gasteiger partial charge in [0.15, 0.2) is 0 Å². The molecule has 0 bridgehead atoms. The third kappa shape index (κ3) is 6.03. The second-order valence-corrected chi connectivity index (χ2v) is 6.54. The summed E-state index contributed by atoms with van der Waals surface area (Å²) in [7, 11) is 0. The predicted molar refractivity (Wildman–Crippen MR) is 94.5 cm³/mol. The van der Waals surface area contributed by atoms with Crippen LogP contribution in [-0.4, -0.2) is 65.4 Å². The lowest BCUT2D eigenvalue weighted by Crippen LogP contribution is -2.50. The molecule has 1 aromatic carbocycles. The van der Waals surface area contributed by atoms with Gasteiger partial charge in [0.25, 0.3) is 0 Å². The average Bonchev–Trinajstić information content (AvgIpc) is 2.56. The fourth-order valence-corrected chi connectivity index (χ4v) is 2.88. The Kier molecular flexibility index (Phi) is 6.78. The average molecular weight is 368 g/mol. The topological polar surface area (TPSA) is 90.0 Å². The molecule has 0 saturated carbocycles. The Bertz CT molecular complexity index is 627. The van der Waals surface area contributed by atoms with E-state index in [1.54, 1.807) is 29.2 Å². The maximum atomic E-state index is 12.1.